The zero-order chi connectivity index (χ0) is 19.4. The third-order valence-corrected chi connectivity index (χ3v) is 6.56. The smallest absolute Gasteiger partial charge is 0.330 e. The molecular weight excluding hydrogens is 360 g/mol. The number of Topliss-reactive ketones (excluding diaryl/α,β-unsaturated/α-hetero) is 1. The summed E-state index contributed by atoms with van der Waals surface area (Å²) >= 11 is 1.32. The lowest BCUT2D eigenvalue weighted by molar-refractivity contribution is -0.144. The summed E-state index contributed by atoms with van der Waals surface area (Å²) in [7, 11) is 0. The van der Waals surface area contributed by atoms with E-state index < -0.39 is 10.7 Å². The van der Waals surface area contributed by atoms with Crippen LogP contribution in [0.1, 0.15) is 43.5 Å². The molecule has 5 nitrogen and oxygen atoms in total. The normalized spacial score (nSPS) is 25.2. The van der Waals surface area contributed by atoms with E-state index >= 15 is 0 Å². The number of carbonyl (C=O) groups excluding carboxylic acids is 2. The van der Waals surface area contributed by atoms with E-state index in [0.29, 0.717) is 11.1 Å². The van der Waals surface area contributed by atoms with Gasteiger partial charge in [-0.3, -0.25) is 9.59 Å². The predicted molar refractivity (Wildman–Crippen MR) is 105 cm³/mol. The molecule has 1 fully saturated rings. The van der Waals surface area contributed by atoms with Crippen LogP contribution in [0.5, 0.6) is 0 Å². The number of esters is 1. The maximum atomic E-state index is 13.4. The molecule has 2 aliphatic rings. The van der Waals surface area contributed by atoms with Crippen LogP contribution in [-0.2, 0) is 9.53 Å². The van der Waals surface area contributed by atoms with Gasteiger partial charge in [-0.15, -0.1) is 11.8 Å². The molecular formula is C21H24N2O3S. The fourth-order valence-corrected chi connectivity index (χ4v) is 5.52. The van der Waals surface area contributed by atoms with Gasteiger partial charge < -0.3 is 9.64 Å². The number of carbonyl (C=O) groups is 2. The highest BCUT2D eigenvalue weighted by Crippen LogP contribution is 2.47. The number of hydrogen-bond acceptors (Lipinski definition) is 6. The highest BCUT2D eigenvalue weighted by molar-refractivity contribution is 8.03. The third kappa shape index (κ3) is 3.61. The minimum Gasteiger partial charge on any atom is -0.465 e. The van der Waals surface area contributed by atoms with Gasteiger partial charge in [-0.1, -0.05) is 30.3 Å². The molecule has 27 heavy (non-hydrogen) atoms. The van der Waals surface area contributed by atoms with Gasteiger partial charge in [0.15, 0.2) is 10.5 Å². The monoisotopic (exact) mass is 384 g/mol. The quantitative estimate of drug-likeness (QED) is 0.439. The summed E-state index contributed by atoms with van der Waals surface area (Å²) in [4.78, 5) is 28.6. The number of likely N-dealkylation sites (tertiary alicyclic amines) is 1. The Morgan fingerprint density at radius 3 is 2.56 bits per heavy atom. The van der Waals surface area contributed by atoms with E-state index in [4.69, 9.17) is 4.74 Å². The van der Waals surface area contributed by atoms with E-state index in [1.165, 1.54) is 11.8 Å². The zero-order valence-corrected chi connectivity index (χ0v) is 16.6. The van der Waals surface area contributed by atoms with E-state index in [1.54, 1.807) is 31.2 Å². The standard InChI is InChI=1S/C21H24N2O3S/c1-3-26-20(25)21(19(24)16-9-5-4-6-10-16)13-17(14-22)18(15(2)27-21)23-11-7-8-12-23/h4-6,9-10,15H,3,7-8,11-13H2,1-2H3. The van der Waals surface area contributed by atoms with Gasteiger partial charge in [0.1, 0.15) is 0 Å². The summed E-state index contributed by atoms with van der Waals surface area (Å²) in [5.74, 6) is -0.837. The van der Waals surface area contributed by atoms with Crippen molar-refractivity contribution in [3.05, 3.63) is 47.2 Å². The first-order valence-corrected chi connectivity index (χ1v) is 10.2. The number of ketones is 1. The summed E-state index contributed by atoms with van der Waals surface area (Å²) in [5.41, 5.74) is 1.97. The maximum absolute atomic E-state index is 13.4. The molecule has 2 heterocycles. The number of nitriles is 1. The topological polar surface area (TPSA) is 70.4 Å². The minimum absolute atomic E-state index is 0.0803. The number of thioether (sulfide) groups is 1. The molecule has 0 radical (unpaired) electrons. The molecule has 6 heteroatoms. The van der Waals surface area contributed by atoms with Gasteiger partial charge in [0.05, 0.1) is 18.2 Å². The van der Waals surface area contributed by atoms with Crippen molar-refractivity contribution < 1.29 is 14.3 Å². The van der Waals surface area contributed by atoms with Crippen LogP contribution < -0.4 is 0 Å². The molecule has 0 saturated carbocycles. The van der Waals surface area contributed by atoms with Crippen LogP contribution in [0.15, 0.2) is 41.6 Å². The molecule has 2 aliphatic heterocycles. The Morgan fingerprint density at radius 1 is 1.30 bits per heavy atom. The van der Waals surface area contributed by atoms with Gasteiger partial charge in [0.2, 0.25) is 0 Å². The average molecular weight is 385 g/mol. The molecule has 0 N–H and O–H groups in total. The molecule has 0 aromatic heterocycles. The number of ether oxygens (including phenoxy) is 1. The number of benzene rings is 1. The average Bonchev–Trinajstić information content (AvgIpc) is 3.21. The Kier molecular flexibility index (Phi) is 5.91. The zero-order valence-electron chi connectivity index (χ0n) is 15.7. The maximum Gasteiger partial charge on any atom is 0.330 e. The Bertz CT molecular complexity index is 793. The van der Waals surface area contributed by atoms with Crippen LogP contribution in [0, 0.1) is 11.3 Å². The van der Waals surface area contributed by atoms with Crippen LogP contribution in [0.25, 0.3) is 0 Å². The Morgan fingerprint density at radius 2 is 1.96 bits per heavy atom. The van der Waals surface area contributed by atoms with E-state index in [1.807, 2.05) is 13.0 Å². The van der Waals surface area contributed by atoms with E-state index in [0.717, 1.165) is 31.6 Å². The highest BCUT2D eigenvalue weighted by atomic mass is 32.2. The van der Waals surface area contributed by atoms with Crippen molar-refractivity contribution in [3.63, 3.8) is 0 Å². The Hall–Kier alpha value is -2.26. The number of rotatable bonds is 5. The molecule has 2 atom stereocenters. The molecule has 0 spiro atoms. The molecule has 0 amide bonds. The predicted octanol–water partition coefficient (Wildman–Crippen LogP) is 3.57. The van der Waals surface area contributed by atoms with Gasteiger partial charge in [-0.2, -0.15) is 5.26 Å². The number of hydrogen-bond donors (Lipinski definition) is 0. The highest BCUT2D eigenvalue weighted by Gasteiger charge is 2.53. The number of nitrogens with zero attached hydrogens (tertiary/aromatic N) is 2. The largest absolute Gasteiger partial charge is 0.465 e. The van der Waals surface area contributed by atoms with E-state index in [2.05, 4.69) is 11.0 Å². The van der Waals surface area contributed by atoms with Crippen molar-refractivity contribution in [2.24, 2.45) is 0 Å². The summed E-state index contributed by atoms with van der Waals surface area (Å²) in [6, 6.07) is 11.1. The molecule has 3 rings (SSSR count). The molecule has 0 aliphatic carbocycles. The van der Waals surface area contributed by atoms with Crippen molar-refractivity contribution in [1.29, 1.82) is 5.26 Å². The van der Waals surface area contributed by atoms with Crippen molar-refractivity contribution in [2.75, 3.05) is 19.7 Å². The summed E-state index contributed by atoms with van der Waals surface area (Å²) in [6.07, 6.45) is 2.29. The first kappa shape index (κ1) is 19.5. The lowest BCUT2D eigenvalue weighted by Crippen LogP contribution is -2.50. The SMILES string of the molecule is CCOC(=O)C1(C(=O)c2ccccc2)CC(C#N)=C(N2CCCC2)C(C)S1. The van der Waals surface area contributed by atoms with E-state index in [9.17, 15) is 14.9 Å². The second-order valence-corrected chi connectivity index (χ2v) is 8.49. The third-order valence-electron chi connectivity index (χ3n) is 5.09. The van der Waals surface area contributed by atoms with Gasteiger partial charge in [-0.05, 0) is 26.7 Å². The van der Waals surface area contributed by atoms with Crippen molar-refractivity contribution in [2.45, 2.75) is 43.1 Å². The van der Waals surface area contributed by atoms with Gasteiger partial charge in [0.25, 0.3) is 0 Å². The molecule has 1 saturated heterocycles. The summed E-state index contributed by atoms with van der Waals surface area (Å²) < 4.78 is 3.89. The lowest BCUT2D eigenvalue weighted by atomic mass is 9.88. The van der Waals surface area contributed by atoms with Crippen LogP contribution in [0.4, 0.5) is 0 Å². The lowest BCUT2D eigenvalue weighted by Gasteiger charge is -2.40. The van der Waals surface area contributed by atoms with Crippen LogP contribution >= 0.6 is 11.8 Å². The van der Waals surface area contributed by atoms with E-state index in [-0.39, 0.29) is 24.1 Å². The Balaban J connectivity index is 2.06. The second kappa shape index (κ2) is 8.18. The van der Waals surface area contributed by atoms with Gasteiger partial charge in [-0.25, -0.2) is 0 Å². The molecule has 0 bridgehead atoms. The second-order valence-electron chi connectivity index (χ2n) is 6.85. The van der Waals surface area contributed by atoms with Crippen molar-refractivity contribution >= 4 is 23.5 Å². The van der Waals surface area contributed by atoms with Crippen molar-refractivity contribution in [1.82, 2.24) is 4.90 Å². The fraction of sp³-hybridized carbons (Fsp3) is 0.476. The first-order valence-electron chi connectivity index (χ1n) is 9.36. The molecule has 1 aromatic carbocycles. The summed E-state index contributed by atoms with van der Waals surface area (Å²) in [5, 5.41) is 9.69. The van der Waals surface area contributed by atoms with Gasteiger partial charge in [0, 0.05) is 36.0 Å². The Labute approximate surface area is 164 Å². The van der Waals surface area contributed by atoms with Crippen LogP contribution in [0.3, 0.4) is 0 Å². The van der Waals surface area contributed by atoms with Gasteiger partial charge >= 0.3 is 5.97 Å². The fourth-order valence-electron chi connectivity index (χ4n) is 3.90. The van der Waals surface area contributed by atoms with Crippen LogP contribution in [0.2, 0.25) is 0 Å². The number of allylic oxidation sites excluding steroid dienone is 1. The molecule has 2 unspecified atom stereocenters. The first-order chi connectivity index (χ1) is 13.0. The van der Waals surface area contributed by atoms with Crippen LogP contribution in [-0.4, -0.2) is 46.3 Å². The minimum atomic E-state index is -1.41. The van der Waals surface area contributed by atoms with Crippen molar-refractivity contribution in [3.8, 4) is 6.07 Å². The molecule has 142 valence electrons. The summed E-state index contributed by atoms with van der Waals surface area (Å²) in [6.45, 7) is 5.74. The molecule has 1 aromatic rings.